The van der Waals surface area contributed by atoms with E-state index >= 15 is 0 Å². The fourth-order valence-electron chi connectivity index (χ4n) is 2.48. The van der Waals surface area contributed by atoms with Gasteiger partial charge in [0.15, 0.2) is 17.1 Å². The van der Waals surface area contributed by atoms with Gasteiger partial charge >= 0.3 is 0 Å². The summed E-state index contributed by atoms with van der Waals surface area (Å²) in [6.45, 7) is 7.57. The van der Waals surface area contributed by atoms with E-state index in [1.54, 1.807) is 0 Å². The van der Waals surface area contributed by atoms with Crippen LogP contribution in [0.1, 0.15) is 45.2 Å². The van der Waals surface area contributed by atoms with Gasteiger partial charge in [-0.1, -0.05) is 19.9 Å². The summed E-state index contributed by atoms with van der Waals surface area (Å²) in [6.07, 6.45) is 1.90. The van der Waals surface area contributed by atoms with Gasteiger partial charge in [0, 0.05) is 0 Å². The van der Waals surface area contributed by atoms with Crippen LogP contribution in [-0.2, 0) is 0 Å². The van der Waals surface area contributed by atoms with E-state index in [2.05, 4.69) is 46.7 Å². The topological polar surface area (TPSA) is 86.5 Å². The van der Waals surface area contributed by atoms with Crippen molar-refractivity contribution in [1.82, 2.24) is 25.3 Å². The van der Waals surface area contributed by atoms with Gasteiger partial charge < -0.3 is 14.8 Å². The van der Waals surface area contributed by atoms with Crippen molar-refractivity contribution < 1.29 is 9.47 Å². The highest BCUT2D eigenvalue weighted by molar-refractivity contribution is 5.47. The third-order valence-corrected chi connectivity index (χ3v) is 3.83. The average molecular weight is 356 g/mol. The zero-order valence-corrected chi connectivity index (χ0v) is 15.3. The number of nitrogens with one attached hydrogen (secondary N) is 1. The second kappa shape index (κ2) is 8.46. The molecule has 2 aromatic heterocycles. The van der Waals surface area contributed by atoms with Gasteiger partial charge in [0.25, 0.3) is 0 Å². The van der Waals surface area contributed by atoms with Gasteiger partial charge in [-0.15, -0.1) is 14.8 Å². The Kier molecular flexibility index (Phi) is 5.83. The van der Waals surface area contributed by atoms with E-state index in [1.807, 2.05) is 30.3 Å². The predicted octanol–water partition coefficient (Wildman–Crippen LogP) is 3.27. The smallest absolute Gasteiger partial charge is 0.200 e. The molecule has 0 aliphatic carbocycles. The molecule has 0 saturated carbocycles. The molecular weight excluding hydrogens is 332 g/mol. The summed E-state index contributed by atoms with van der Waals surface area (Å²) in [7, 11) is 0. The third kappa shape index (κ3) is 4.19. The van der Waals surface area contributed by atoms with E-state index in [0.29, 0.717) is 24.7 Å². The highest BCUT2D eigenvalue weighted by Crippen LogP contribution is 2.31. The van der Waals surface area contributed by atoms with Crippen molar-refractivity contribution in [2.75, 3.05) is 18.5 Å². The minimum absolute atomic E-state index is 0.0284. The van der Waals surface area contributed by atoms with Gasteiger partial charge in [-0.25, -0.2) is 0 Å². The first kappa shape index (κ1) is 17.9. The second-order valence-corrected chi connectivity index (χ2v) is 6.01. The van der Waals surface area contributed by atoms with Crippen LogP contribution in [0, 0.1) is 0 Å². The van der Waals surface area contributed by atoms with E-state index < -0.39 is 0 Å². The molecule has 1 atom stereocenters. The van der Waals surface area contributed by atoms with E-state index in [-0.39, 0.29) is 6.04 Å². The summed E-state index contributed by atoms with van der Waals surface area (Å²) in [5, 5.41) is 19.0. The zero-order valence-electron chi connectivity index (χ0n) is 15.3. The van der Waals surface area contributed by atoms with Crippen LogP contribution in [0.2, 0.25) is 0 Å². The highest BCUT2D eigenvalue weighted by Gasteiger charge is 2.12. The number of hydrogen-bond acceptors (Lipinski definition) is 7. The van der Waals surface area contributed by atoms with Crippen LogP contribution in [0.3, 0.4) is 0 Å². The lowest BCUT2D eigenvalue weighted by atomic mass is 10.1. The Balaban J connectivity index is 1.77. The fraction of sp³-hybridized carbons (Fsp3) is 0.444. The molecule has 0 radical (unpaired) electrons. The molecule has 1 unspecified atom stereocenters. The Morgan fingerprint density at radius 3 is 2.58 bits per heavy atom. The monoisotopic (exact) mass is 356 g/mol. The van der Waals surface area contributed by atoms with Crippen molar-refractivity contribution in [3.8, 4) is 11.5 Å². The van der Waals surface area contributed by atoms with Gasteiger partial charge in [0.2, 0.25) is 0 Å². The number of nitrogens with zero attached hydrogens (tertiary/aromatic N) is 5. The molecule has 3 rings (SSSR count). The minimum Gasteiger partial charge on any atom is -0.490 e. The third-order valence-electron chi connectivity index (χ3n) is 3.83. The summed E-state index contributed by atoms with van der Waals surface area (Å²) in [6, 6.07) is 9.73. The molecule has 138 valence electrons. The largest absolute Gasteiger partial charge is 0.490 e. The second-order valence-electron chi connectivity index (χ2n) is 6.01. The van der Waals surface area contributed by atoms with Gasteiger partial charge in [-0.05, 0) is 60.0 Å². The quantitative estimate of drug-likeness (QED) is 0.629. The molecule has 8 heteroatoms. The van der Waals surface area contributed by atoms with Crippen molar-refractivity contribution in [3.63, 3.8) is 0 Å². The Labute approximate surface area is 152 Å². The summed E-state index contributed by atoms with van der Waals surface area (Å²) in [4.78, 5) is 0. The molecule has 1 N–H and O–H groups in total. The summed E-state index contributed by atoms with van der Waals surface area (Å²) in [5.41, 5.74) is 1.69. The maximum atomic E-state index is 5.87. The van der Waals surface area contributed by atoms with Crippen molar-refractivity contribution in [3.05, 3.63) is 35.9 Å². The summed E-state index contributed by atoms with van der Waals surface area (Å²) >= 11 is 0. The SMILES string of the molecule is CCCOc1ccc(C(C)Nc2ccc3nnnn3n2)cc1OCCC. The molecule has 26 heavy (non-hydrogen) atoms. The first-order chi connectivity index (χ1) is 12.7. The van der Waals surface area contributed by atoms with Crippen LogP contribution >= 0.6 is 0 Å². The number of anilines is 1. The zero-order chi connectivity index (χ0) is 18.4. The average Bonchev–Trinajstić information content (AvgIpc) is 3.12. The number of aromatic nitrogens is 5. The van der Waals surface area contributed by atoms with E-state index in [0.717, 1.165) is 29.9 Å². The van der Waals surface area contributed by atoms with E-state index in [1.165, 1.54) is 4.63 Å². The van der Waals surface area contributed by atoms with Crippen molar-refractivity contribution in [1.29, 1.82) is 0 Å². The number of benzene rings is 1. The molecule has 0 saturated heterocycles. The van der Waals surface area contributed by atoms with Crippen molar-refractivity contribution in [2.45, 2.75) is 39.7 Å². The van der Waals surface area contributed by atoms with Gasteiger partial charge in [0.05, 0.1) is 19.3 Å². The van der Waals surface area contributed by atoms with Gasteiger partial charge in [-0.2, -0.15) is 0 Å². The summed E-state index contributed by atoms with van der Waals surface area (Å²) < 4.78 is 13.1. The molecule has 8 nitrogen and oxygen atoms in total. The first-order valence-electron chi connectivity index (χ1n) is 8.92. The van der Waals surface area contributed by atoms with Gasteiger partial charge in [-0.3, -0.25) is 0 Å². The van der Waals surface area contributed by atoms with Crippen LogP contribution in [0.5, 0.6) is 11.5 Å². The molecule has 0 aliphatic rings. The van der Waals surface area contributed by atoms with Crippen LogP contribution in [0.15, 0.2) is 30.3 Å². The van der Waals surface area contributed by atoms with Crippen LogP contribution in [0.25, 0.3) is 5.65 Å². The number of rotatable bonds is 9. The Morgan fingerprint density at radius 1 is 1.04 bits per heavy atom. The molecule has 2 heterocycles. The maximum Gasteiger partial charge on any atom is 0.200 e. The number of ether oxygens (including phenoxy) is 2. The maximum absolute atomic E-state index is 5.87. The van der Waals surface area contributed by atoms with E-state index in [9.17, 15) is 0 Å². The normalized spacial score (nSPS) is 12.1. The van der Waals surface area contributed by atoms with Crippen LogP contribution in [-0.4, -0.2) is 38.5 Å². The summed E-state index contributed by atoms with van der Waals surface area (Å²) in [5.74, 6) is 2.25. The number of hydrogen-bond donors (Lipinski definition) is 1. The first-order valence-corrected chi connectivity index (χ1v) is 8.92. The van der Waals surface area contributed by atoms with Crippen LogP contribution < -0.4 is 14.8 Å². The fourth-order valence-corrected chi connectivity index (χ4v) is 2.48. The molecule has 0 spiro atoms. The molecule has 0 bridgehead atoms. The lowest BCUT2D eigenvalue weighted by Gasteiger charge is -2.18. The Morgan fingerprint density at radius 2 is 1.81 bits per heavy atom. The molecule has 0 fully saturated rings. The molecule has 1 aromatic carbocycles. The number of fused-ring (bicyclic) bond motifs is 1. The van der Waals surface area contributed by atoms with Crippen molar-refractivity contribution >= 4 is 11.5 Å². The van der Waals surface area contributed by atoms with E-state index in [4.69, 9.17) is 9.47 Å². The highest BCUT2D eigenvalue weighted by atomic mass is 16.5. The molecule has 0 aliphatic heterocycles. The van der Waals surface area contributed by atoms with Gasteiger partial charge in [0.1, 0.15) is 5.82 Å². The predicted molar refractivity (Wildman–Crippen MR) is 98.6 cm³/mol. The molecule has 3 aromatic rings. The minimum atomic E-state index is 0.0284. The van der Waals surface area contributed by atoms with Crippen LogP contribution in [0.4, 0.5) is 5.82 Å². The van der Waals surface area contributed by atoms with Crippen molar-refractivity contribution in [2.24, 2.45) is 0 Å². The Bertz CT molecular complexity index is 851. The standard InChI is InChI=1S/C18H24N6O2/c1-4-10-25-15-7-6-14(12-16(15)26-11-5-2)13(3)19-17-8-9-18-20-22-23-24(18)21-17/h6-9,12-13H,4-5,10-11H2,1-3H3,(H,19,21). The Hall–Kier alpha value is -2.90. The number of tetrazole rings is 1. The lowest BCUT2D eigenvalue weighted by Crippen LogP contribution is -2.10. The molecule has 0 amide bonds. The lowest BCUT2D eigenvalue weighted by molar-refractivity contribution is 0.268. The molecular formula is C18H24N6O2.